The maximum atomic E-state index is 15.2. The first-order valence-corrected chi connectivity index (χ1v) is 14.0. The number of halogens is 2. The summed E-state index contributed by atoms with van der Waals surface area (Å²) >= 11 is 0. The van der Waals surface area contributed by atoms with E-state index in [0.29, 0.717) is 11.1 Å². The molecular weight excluding hydrogens is 512 g/mol. The average molecular weight is 540 g/mol. The van der Waals surface area contributed by atoms with Crippen molar-refractivity contribution in [2.75, 3.05) is 18.9 Å². The van der Waals surface area contributed by atoms with Crippen molar-refractivity contribution in [1.29, 1.82) is 0 Å². The Labute approximate surface area is 219 Å². The second kappa shape index (κ2) is 9.83. The van der Waals surface area contributed by atoms with E-state index < -0.39 is 32.3 Å². The second-order valence-electron chi connectivity index (χ2n) is 9.24. The number of aromatic nitrogens is 2. The number of hydrogen-bond acceptors (Lipinski definition) is 5. The molecule has 0 aliphatic carbocycles. The zero-order valence-electron chi connectivity index (χ0n) is 21.3. The van der Waals surface area contributed by atoms with Crippen LogP contribution in [-0.2, 0) is 22.8 Å². The van der Waals surface area contributed by atoms with E-state index in [1.807, 2.05) is 25.1 Å². The fraction of sp³-hybridized carbons (Fsp3) is 0.286. The summed E-state index contributed by atoms with van der Waals surface area (Å²) in [7, 11) is -3.79. The van der Waals surface area contributed by atoms with Crippen molar-refractivity contribution in [2.45, 2.75) is 38.6 Å². The summed E-state index contributed by atoms with van der Waals surface area (Å²) in [5.74, 6) is -1.31. The number of aryl methyl sites for hydroxylation is 1. The summed E-state index contributed by atoms with van der Waals surface area (Å²) in [5.41, 5.74) is 3.62. The molecule has 0 saturated heterocycles. The highest BCUT2D eigenvalue weighted by atomic mass is 32.2. The molecule has 0 radical (unpaired) electrons. The van der Waals surface area contributed by atoms with E-state index in [2.05, 4.69) is 9.97 Å². The predicted molar refractivity (Wildman–Crippen MR) is 140 cm³/mol. The van der Waals surface area contributed by atoms with Gasteiger partial charge in [-0.1, -0.05) is 19.9 Å². The molecule has 0 atom stereocenters. The predicted octanol–water partition coefficient (Wildman–Crippen LogP) is 5.21. The molecule has 0 fully saturated rings. The van der Waals surface area contributed by atoms with Gasteiger partial charge >= 0.3 is 0 Å². The summed E-state index contributed by atoms with van der Waals surface area (Å²) in [6.07, 6.45) is 0.134. The largest absolute Gasteiger partial charge is 0.488 e. The Morgan fingerprint density at radius 1 is 1.11 bits per heavy atom. The highest BCUT2D eigenvalue weighted by molar-refractivity contribution is 7.91. The average Bonchev–Trinajstić information content (AvgIpc) is 3.12. The Balaban J connectivity index is 1.51. The van der Waals surface area contributed by atoms with Crippen LogP contribution >= 0.6 is 0 Å². The molecule has 7 nitrogen and oxygen atoms in total. The number of fused-ring (bicyclic) bond motifs is 2. The van der Waals surface area contributed by atoms with Crippen LogP contribution < -0.4 is 4.74 Å². The van der Waals surface area contributed by atoms with E-state index in [1.54, 1.807) is 13.0 Å². The van der Waals surface area contributed by atoms with Crippen molar-refractivity contribution >= 4 is 26.8 Å². The zero-order chi connectivity index (χ0) is 27.2. The molecule has 5 rings (SSSR count). The number of hydrogen-bond donors (Lipinski definition) is 1. The molecule has 3 aromatic carbocycles. The molecule has 1 aromatic heterocycles. The Morgan fingerprint density at radius 2 is 1.89 bits per heavy atom. The molecule has 1 amide bonds. The quantitative estimate of drug-likeness (QED) is 0.376. The van der Waals surface area contributed by atoms with Gasteiger partial charge in [-0.05, 0) is 60.9 Å². The first-order valence-electron chi connectivity index (χ1n) is 12.4. The number of nitrogens with zero attached hydrogens (tertiary/aromatic N) is 2. The molecule has 0 saturated carbocycles. The van der Waals surface area contributed by atoms with Crippen LogP contribution in [0, 0.1) is 18.6 Å². The molecule has 1 aliphatic heterocycles. The van der Waals surface area contributed by atoms with Crippen molar-refractivity contribution < 1.29 is 26.7 Å². The van der Waals surface area contributed by atoms with Gasteiger partial charge in [-0.15, -0.1) is 0 Å². The van der Waals surface area contributed by atoms with Crippen LogP contribution in [0.25, 0.3) is 22.2 Å². The normalized spacial score (nSPS) is 13.8. The number of amides is 1. The Hall–Kier alpha value is -3.79. The topological polar surface area (TPSA) is 92.4 Å². The molecular formula is C28H27F2N3O4S. The third-order valence-electron chi connectivity index (χ3n) is 6.82. The number of carbonyl (C=O) groups is 1. The minimum absolute atomic E-state index is 0.0398. The van der Waals surface area contributed by atoms with Gasteiger partial charge in [0.25, 0.3) is 5.91 Å². The molecule has 4 aromatic rings. The molecule has 0 spiro atoms. The van der Waals surface area contributed by atoms with E-state index in [0.717, 1.165) is 28.5 Å². The number of nitrogens with one attached hydrogen (secondary N) is 1. The van der Waals surface area contributed by atoms with Gasteiger partial charge in [0.15, 0.2) is 21.4 Å². The summed E-state index contributed by atoms with van der Waals surface area (Å²) < 4.78 is 60.7. The summed E-state index contributed by atoms with van der Waals surface area (Å²) in [4.78, 5) is 22.2. The number of imidazole rings is 1. The first kappa shape index (κ1) is 25.8. The first-order chi connectivity index (χ1) is 18.1. The van der Waals surface area contributed by atoms with Gasteiger partial charge in [0.05, 0.1) is 23.3 Å². The Bertz CT molecular complexity index is 1680. The van der Waals surface area contributed by atoms with Crippen molar-refractivity contribution in [3.05, 3.63) is 76.6 Å². The third kappa shape index (κ3) is 4.53. The van der Waals surface area contributed by atoms with Crippen molar-refractivity contribution in [3.8, 4) is 16.9 Å². The maximum absolute atomic E-state index is 15.2. The number of benzene rings is 3. The molecule has 10 heteroatoms. The number of rotatable bonds is 5. The fourth-order valence-electron chi connectivity index (χ4n) is 4.84. The van der Waals surface area contributed by atoms with Crippen LogP contribution in [-0.4, -0.2) is 48.1 Å². The van der Waals surface area contributed by atoms with E-state index in [4.69, 9.17) is 4.74 Å². The molecule has 0 unspecified atom stereocenters. The van der Waals surface area contributed by atoms with E-state index in [9.17, 15) is 13.2 Å². The monoisotopic (exact) mass is 539 g/mol. The van der Waals surface area contributed by atoms with Gasteiger partial charge in [-0.25, -0.2) is 22.2 Å². The van der Waals surface area contributed by atoms with Gasteiger partial charge < -0.3 is 14.6 Å². The standard InChI is InChI=1S/C28H27F2N3O4S/c1-4-20-21(7-9-25(26(20)30)38(35,36)5-2)28(34)33-10-11-37-27-19(15-33)12-18(13-22(27)29)17-6-8-23-24(14-17)32-16(3)31-23/h6-9,12-14H,4-5,10-11,15H2,1-3H3,(H,31,32). The summed E-state index contributed by atoms with van der Waals surface area (Å²) in [6.45, 7) is 5.22. The highest BCUT2D eigenvalue weighted by Gasteiger charge is 2.28. The molecule has 1 aliphatic rings. The molecule has 38 heavy (non-hydrogen) atoms. The fourth-order valence-corrected chi connectivity index (χ4v) is 5.82. The minimum atomic E-state index is -3.79. The number of ether oxygens (including phenoxy) is 1. The van der Waals surface area contributed by atoms with E-state index in [-0.39, 0.29) is 48.7 Å². The van der Waals surface area contributed by atoms with E-state index in [1.165, 1.54) is 24.0 Å². The van der Waals surface area contributed by atoms with E-state index >= 15 is 8.78 Å². The molecule has 0 bridgehead atoms. The summed E-state index contributed by atoms with van der Waals surface area (Å²) in [6, 6.07) is 11.3. The van der Waals surface area contributed by atoms with Crippen LogP contribution in [0.5, 0.6) is 5.75 Å². The summed E-state index contributed by atoms with van der Waals surface area (Å²) in [5, 5.41) is 0. The molecule has 1 N–H and O–H groups in total. The number of carbonyl (C=O) groups excluding carboxylic acids is 1. The Morgan fingerprint density at radius 3 is 2.63 bits per heavy atom. The lowest BCUT2D eigenvalue weighted by molar-refractivity contribution is 0.0731. The van der Waals surface area contributed by atoms with Gasteiger partial charge in [-0.3, -0.25) is 4.79 Å². The lowest BCUT2D eigenvalue weighted by Gasteiger charge is -2.22. The van der Waals surface area contributed by atoms with Crippen LogP contribution in [0.3, 0.4) is 0 Å². The molecule has 198 valence electrons. The number of sulfone groups is 1. The van der Waals surface area contributed by atoms with Crippen LogP contribution in [0.15, 0.2) is 47.4 Å². The number of H-pyrrole nitrogens is 1. The van der Waals surface area contributed by atoms with Crippen LogP contribution in [0.2, 0.25) is 0 Å². The maximum Gasteiger partial charge on any atom is 0.254 e. The molecule has 2 heterocycles. The van der Waals surface area contributed by atoms with Gasteiger partial charge in [0, 0.05) is 23.2 Å². The van der Waals surface area contributed by atoms with Gasteiger partial charge in [0.2, 0.25) is 0 Å². The minimum Gasteiger partial charge on any atom is -0.488 e. The van der Waals surface area contributed by atoms with Gasteiger partial charge in [-0.2, -0.15) is 0 Å². The van der Waals surface area contributed by atoms with Gasteiger partial charge in [0.1, 0.15) is 23.1 Å². The highest BCUT2D eigenvalue weighted by Crippen LogP contribution is 2.34. The lowest BCUT2D eigenvalue weighted by Crippen LogP contribution is -2.33. The van der Waals surface area contributed by atoms with Crippen LogP contribution in [0.4, 0.5) is 8.78 Å². The van der Waals surface area contributed by atoms with Crippen molar-refractivity contribution in [1.82, 2.24) is 14.9 Å². The zero-order valence-corrected chi connectivity index (χ0v) is 22.1. The number of aromatic amines is 1. The third-order valence-corrected chi connectivity index (χ3v) is 8.56. The van der Waals surface area contributed by atoms with Crippen molar-refractivity contribution in [2.24, 2.45) is 0 Å². The lowest BCUT2D eigenvalue weighted by atomic mass is 10.0. The van der Waals surface area contributed by atoms with Crippen molar-refractivity contribution in [3.63, 3.8) is 0 Å². The Kier molecular flexibility index (Phi) is 6.68. The second-order valence-corrected chi connectivity index (χ2v) is 11.5. The van der Waals surface area contributed by atoms with Crippen LogP contribution in [0.1, 0.15) is 41.2 Å². The SMILES string of the molecule is CCc1c(C(=O)N2CCOc3c(F)cc(-c4ccc5nc(C)[nH]c5c4)cc3C2)ccc(S(=O)(=O)CC)c1F. The smallest absolute Gasteiger partial charge is 0.254 e.